The van der Waals surface area contributed by atoms with Gasteiger partial charge in [0.25, 0.3) is 0 Å². The van der Waals surface area contributed by atoms with Gasteiger partial charge in [0.2, 0.25) is 0 Å². The van der Waals surface area contributed by atoms with Crippen molar-refractivity contribution in [1.82, 2.24) is 10.2 Å². The van der Waals surface area contributed by atoms with Crippen LogP contribution in [-0.2, 0) is 6.54 Å². The molecule has 4 nitrogen and oxygen atoms in total. The summed E-state index contributed by atoms with van der Waals surface area (Å²) < 4.78 is 0. The molecule has 0 heterocycles. The van der Waals surface area contributed by atoms with Gasteiger partial charge >= 0.3 is 0 Å². The van der Waals surface area contributed by atoms with Crippen LogP contribution in [0.25, 0.3) is 10.8 Å². The molecule has 0 spiro atoms. The maximum absolute atomic E-state index is 7.63. The number of benzene rings is 2. The first-order valence-corrected chi connectivity index (χ1v) is 9.98. The zero-order valence-corrected chi connectivity index (χ0v) is 16.1. The molecule has 2 aromatic rings. The number of hydrogen-bond donors (Lipinski definition) is 3. The first-order chi connectivity index (χ1) is 12.7. The minimum Gasteiger partial charge on any atom is -0.370 e. The van der Waals surface area contributed by atoms with Crippen LogP contribution in [0.1, 0.15) is 51.0 Å². The lowest BCUT2D eigenvalue weighted by atomic mass is 10.1. The normalized spacial score (nSPS) is 11.0. The Morgan fingerprint density at radius 1 is 0.962 bits per heavy atom. The summed E-state index contributed by atoms with van der Waals surface area (Å²) in [6, 6.07) is 15.2. The van der Waals surface area contributed by atoms with Gasteiger partial charge in [-0.05, 0) is 48.2 Å². The number of unbranched alkanes of at least 4 members (excludes halogenated alkanes) is 4. The van der Waals surface area contributed by atoms with Gasteiger partial charge in [0.1, 0.15) is 0 Å². The van der Waals surface area contributed by atoms with Crippen LogP contribution < -0.4 is 11.1 Å². The maximum atomic E-state index is 7.63. The Bertz CT molecular complexity index is 668. The molecular formula is C22H34N4. The number of fused-ring (bicyclic) bond motifs is 1. The largest absolute Gasteiger partial charge is 0.370 e. The van der Waals surface area contributed by atoms with Crippen molar-refractivity contribution < 1.29 is 0 Å². The van der Waals surface area contributed by atoms with Crippen LogP contribution in [0.2, 0.25) is 0 Å². The number of nitrogens with one attached hydrogen (secondary N) is 2. The van der Waals surface area contributed by atoms with E-state index < -0.39 is 0 Å². The lowest BCUT2D eigenvalue weighted by Gasteiger charge is -2.22. The number of rotatable bonds is 12. The minimum atomic E-state index is 0.218. The van der Waals surface area contributed by atoms with Gasteiger partial charge in [-0.25, -0.2) is 0 Å². The second kappa shape index (κ2) is 11.5. The number of nitrogens with zero attached hydrogens (tertiary/aromatic N) is 1. The van der Waals surface area contributed by atoms with Crippen molar-refractivity contribution in [1.29, 1.82) is 5.41 Å². The summed E-state index contributed by atoms with van der Waals surface area (Å²) in [6.07, 6.45) is 7.00. The third-order valence-corrected chi connectivity index (χ3v) is 4.80. The second-order valence-corrected chi connectivity index (χ2v) is 7.00. The molecule has 0 aliphatic rings. The van der Waals surface area contributed by atoms with E-state index in [1.807, 2.05) is 4.90 Å². The standard InChI is InChI=1S/C22H34N4/c1-2-3-15-26(22(23)24)16-9-5-4-8-14-25-18-19-12-13-20-10-6-7-11-21(20)17-19/h6-7,10-13,17,25H,2-5,8-9,14-16,18H2,1H3,(H3,23,24). The monoisotopic (exact) mass is 354 g/mol. The topological polar surface area (TPSA) is 65.1 Å². The van der Waals surface area contributed by atoms with Crippen molar-refractivity contribution in [3.05, 3.63) is 48.0 Å². The molecule has 4 heteroatoms. The average Bonchev–Trinajstić information content (AvgIpc) is 2.65. The SMILES string of the molecule is CCCCN(CCCCCCNCc1ccc2ccccc2c1)C(=N)N. The van der Waals surface area contributed by atoms with E-state index >= 15 is 0 Å². The third-order valence-electron chi connectivity index (χ3n) is 4.80. The van der Waals surface area contributed by atoms with E-state index in [1.54, 1.807) is 0 Å². The molecule has 142 valence electrons. The van der Waals surface area contributed by atoms with Gasteiger partial charge < -0.3 is 16.0 Å². The van der Waals surface area contributed by atoms with Crippen molar-refractivity contribution in [2.45, 2.75) is 52.0 Å². The van der Waals surface area contributed by atoms with Gasteiger partial charge in [0.15, 0.2) is 5.96 Å². The highest BCUT2D eigenvalue weighted by Crippen LogP contribution is 2.15. The molecule has 26 heavy (non-hydrogen) atoms. The van der Waals surface area contributed by atoms with Crippen molar-refractivity contribution in [3.8, 4) is 0 Å². The average molecular weight is 355 g/mol. The molecule has 0 bridgehead atoms. The third kappa shape index (κ3) is 7.04. The number of guanidine groups is 1. The van der Waals surface area contributed by atoms with Gasteiger partial charge in [-0.1, -0.05) is 62.6 Å². The van der Waals surface area contributed by atoms with E-state index in [4.69, 9.17) is 11.1 Å². The van der Waals surface area contributed by atoms with Crippen molar-refractivity contribution in [2.24, 2.45) is 5.73 Å². The molecule has 0 aliphatic carbocycles. The highest BCUT2D eigenvalue weighted by molar-refractivity contribution is 5.82. The Kier molecular flexibility index (Phi) is 8.98. The van der Waals surface area contributed by atoms with Crippen molar-refractivity contribution in [2.75, 3.05) is 19.6 Å². The molecule has 0 unspecified atom stereocenters. The zero-order chi connectivity index (χ0) is 18.6. The highest BCUT2D eigenvalue weighted by atomic mass is 15.2. The van der Waals surface area contributed by atoms with Crippen LogP contribution in [0.3, 0.4) is 0 Å². The van der Waals surface area contributed by atoms with Crippen LogP contribution in [0.15, 0.2) is 42.5 Å². The Labute approximate surface area is 158 Å². The lowest BCUT2D eigenvalue weighted by Crippen LogP contribution is -2.37. The lowest BCUT2D eigenvalue weighted by molar-refractivity contribution is 0.385. The maximum Gasteiger partial charge on any atom is 0.188 e. The molecule has 0 radical (unpaired) electrons. The van der Waals surface area contributed by atoms with E-state index in [0.29, 0.717) is 0 Å². The van der Waals surface area contributed by atoms with E-state index in [1.165, 1.54) is 35.6 Å². The first-order valence-electron chi connectivity index (χ1n) is 9.98. The minimum absolute atomic E-state index is 0.218. The molecule has 0 amide bonds. The van der Waals surface area contributed by atoms with Gasteiger partial charge in [0.05, 0.1) is 0 Å². The van der Waals surface area contributed by atoms with Crippen LogP contribution in [0.5, 0.6) is 0 Å². The van der Waals surface area contributed by atoms with Gasteiger partial charge in [-0.2, -0.15) is 0 Å². The second-order valence-electron chi connectivity index (χ2n) is 7.00. The first kappa shape index (κ1) is 20.2. The van der Waals surface area contributed by atoms with Gasteiger partial charge in [-0.3, -0.25) is 5.41 Å². The van der Waals surface area contributed by atoms with Crippen LogP contribution >= 0.6 is 0 Å². The Morgan fingerprint density at radius 3 is 2.46 bits per heavy atom. The predicted molar refractivity (Wildman–Crippen MR) is 113 cm³/mol. The molecule has 0 aliphatic heterocycles. The zero-order valence-electron chi connectivity index (χ0n) is 16.1. The summed E-state index contributed by atoms with van der Waals surface area (Å²) in [4.78, 5) is 2.00. The molecule has 0 saturated heterocycles. The fourth-order valence-electron chi connectivity index (χ4n) is 3.19. The van der Waals surface area contributed by atoms with Gasteiger partial charge in [0, 0.05) is 19.6 Å². The molecule has 4 N–H and O–H groups in total. The smallest absolute Gasteiger partial charge is 0.188 e. The molecule has 0 aromatic heterocycles. The van der Waals surface area contributed by atoms with Gasteiger partial charge in [-0.15, -0.1) is 0 Å². The van der Waals surface area contributed by atoms with Crippen molar-refractivity contribution >= 4 is 16.7 Å². The van der Waals surface area contributed by atoms with E-state index in [-0.39, 0.29) is 5.96 Å². The Morgan fingerprint density at radius 2 is 1.69 bits per heavy atom. The number of hydrogen-bond acceptors (Lipinski definition) is 2. The summed E-state index contributed by atoms with van der Waals surface area (Å²) in [5.74, 6) is 0.218. The van der Waals surface area contributed by atoms with Crippen LogP contribution in [-0.4, -0.2) is 30.5 Å². The fraction of sp³-hybridized carbons (Fsp3) is 0.500. The Hall–Kier alpha value is -2.07. The quantitative estimate of drug-likeness (QED) is 0.299. The van der Waals surface area contributed by atoms with Crippen LogP contribution in [0.4, 0.5) is 0 Å². The van der Waals surface area contributed by atoms with E-state index in [0.717, 1.165) is 45.4 Å². The van der Waals surface area contributed by atoms with Crippen molar-refractivity contribution in [3.63, 3.8) is 0 Å². The van der Waals surface area contributed by atoms with Crippen LogP contribution in [0, 0.1) is 5.41 Å². The fourth-order valence-corrected chi connectivity index (χ4v) is 3.19. The predicted octanol–water partition coefficient (Wildman–Crippen LogP) is 4.49. The molecule has 0 fully saturated rings. The highest BCUT2D eigenvalue weighted by Gasteiger charge is 2.04. The number of nitrogens with two attached hydrogens (primary N) is 1. The summed E-state index contributed by atoms with van der Waals surface area (Å²) in [7, 11) is 0. The molecule has 0 atom stereocenters. The summed E-state index contributed by atoms with van der Waals surface area (Å²) in [5.41, 5.74) is 6.99. The summed E-state index contributed by atoms with van der Waals surface area (Å²) in [6.45, 7) is 5.99. The summed E-state index contributed by atoms with van der Waals surface area (Å²) >= 11 is 0. The van der Waals surface area contributed by atoms with E-state index in [2.05, 4.69) is 54.7 Å². The molecule has 2 rings (SSSR count). The molecular weight excluding hydrogens is 320 g/mol. The summed E-state index contributed by atoms with van der Waals surface area (Å²) in [5, 5.41) is 13.8. The Balaban J connectivity index is 1.55. The molecule has 0 saturated carbocycles. The van der Waals surface area contributed by atoms with E-state index in [9.17, 15) is 0 Å². The molecule has 2 aromatic carbocycles.